The number of aromatic nitrogens is 4. The number of nitro groups is 2. The largest absolute Gasteiger partial charge is 1.00 e. The maximum atomic E-state index is 12.7. The Morgan fingerprint density at radius 1 is 0.575 bits per heavy atom. The zero-order chi connectivity index (χ0) is 91.1. The number of benzene rings is 4. The molecule has 0 unspecified atom stereocenters. The number of anilines is 4. The van der Waals surface area contributed by atoms with Crippen molar-refractivity contribution < 1.29 is 206 Å². The molecule has 0 radical (unpaired) electrons. The zero-order valence-electron chi connectivity index (χ0n) is 71.7. The minimum Gasteiger partial charge on any atom is -1.00 e. The number of halogens is 2. The number of nitrogen functional groups attached to an aromatic ring is 2. The van der Waals surface area contributed by atoms with E-state index in [9.17, 15) is 67.8 Å². The minimum atomic E-state index is -0.991. The number of hydrogen-bond acceptors (Lipinski definition) is 29. The summed E-state index contributed by atoms with van der Waals surface area (Å²) in [5.41, 5.74) is 38.7. The fraction of sp³-hybridized carbons (Fsp3) is 0.473. The summed E-state index contributed by atoms with van der Waals surface area (Å²) in [6.45, 7) is 28.7. The number of primary amides is 4. The fourth-order valence-electron chi connectivity index (χ4n) is 8.60. The van der Waals surface area contributed by atoms with Crippen LogP contribution in [0.1, 0.15) is 195 Å². The molecule has 6 rings (SSSR count). The molecule has 0 spiro atoms. The van der Waals surface area contributed by atoms with E-state index in [-0.39, 0.29) is 139 Å². The van der Waals surface area contributed by atoms with Gasteiger partial charge in [0, 0.05) is 116 Å². The van der Waals surface area contributed by atoms with Crippen LogP contribution in [0.5, 0.6) is 0 Å². The van der Waals surface area contributed by atoms with Crippen LogP contribution in [0.3, 0.4) is 0 Å². The zero-order valence-corrected chi connectivity index (χ0v) is 78.5. The number of unbranched alkanes of at least 4 members (excludes halogenated alkanes) is 4. The van der Waals surface area contributed by atoms with Crippen LogP contribution in [0.25, 0.3) is 11.0 Å². The number of carboxylic acids is 1. The second kappa shape index (κ2) is 64.4. The Hall–Kier alpha value is -9.49. The predicted molar refractivity (Wildman–Crippen MR) is 441 cm³/mol. The molecule has 0 fully saturated rings. The van der Waals surface area contributed by atoms with Crippen molar-refractivity contribution in [2.45, 2.75) is 177 Å². The van der Waals surface area contributed by atoms with Gasteiger partial charge in [0.15, 0.2) is 0 Å². The maximum Gasteiger partial charge on any atom is 1.00 e. The van der Waals surface area contributed by atoms with E-state index in [1.807, 2.05) is 73.8 Å². The molecule has 0 aliphatic rings. The molecule has 22 N–H and O–H groups in total. The Labute approximate surface area is 790 Å². The first-order valence-electron chi connectivity index (χ1n) is 36.1. The number of aliphatic hydroxyl groups is 1. The fourth-order valence-corrected chi connectivity index (χ4v) is 8.60. The number of aliphatic hydroxyl groups excluding tert-OH is 1. The number of fused-ring (bicyclic) bond motifs is 1. The van der Waals surface area contributed by atoms with Crippen molar-refractivity contribution in [3.63, 3.8) is 0 Å². The third kappa shape index (κ3) is 57.6. The van der Waals surface area contributed by atoms with Crippen molar-refractivity contribution in [2.75, 3.05) is 75.0 Å². The molecule has 42 nitrogen and oxygen atoms in total. The van der Waals surface area contributed by atoms with E-state index in [0.29, 0.717) is 106 Å². The van der Waals surface area contributed by atoms with E-state index in [0.717, 1.165) is 81.1 Å². The molecule has 46 heteroatoms. The summed E-state index contributed by atoms with van der Waals surface area (Å²) in [5, 5.41) is 73.1. The van der Waals surface area contributed by atoms with Gasteiger partial charge in [0.05, 0.1) is 32.3 Å². The average molecular weight is 1810 g/mol. The van der Waals surface area contributed by atoms with Gasteiger partial charge in [-0.3, -0.25) is 48.9 Å². The van der Waals surface area contributed by atoms with E-state index in [1.54, 1.807) is 62.1 Å². The van der Waals surface area contributed by atoms with Gasteiger partial charge in [-0.25, -0.2) is 29.0 Å². The number of nitriles is 1. The predicted octanol–water partition coefficient (Wildman–Crippen LogP) is 2.23. The van der Waals surface area contributed by atoms with E-state index in [1.165, 1.54) is 29.1 Å². The van der Waals surface area contributed by atoms with Crippen LogP contribution in [-0.4, -0.2) is 175 Å². The molecule has 658 valence electrons. The van der Waals surface area contributed by atoms with E-state index in [4.69, 9.17) is 84.6 Å². The van der Waals surface area contributed by atoms with E-state index >= 15 is 0 Å². The molecular weight excluding hydrogens is 1700 g/mol. The molecule has 6 aromatic rings. The number of nitrogens with two attached hydrogens (primary N) is 7. The number of nitrogens with one attached hydrogen (secondary N) is 6. The molecule has 0 atom stereocenters. The summed E-state index contributed by atoms with van der Waals surface area (Å²) >= 11 is 2.45. The Morgan fingerprint density at radius 3 is 1.27 bits per heavy atom. The number of carboxylic acid groups (broad SMARTS) is 1. The summed E-state index contributed by atoms with van der Waals surface area (Å²) in [5.74, 6) is -4.09. The quantitative estimate of drug-likeness (QED) is 0.00449. The van der Waals surface area contributed by atoms with Gasteiger partial charge >= 0.3 is 139 Å². The molecule has 2 heterocycles. The molecular formula is C74H114BrFK2N20O22. The number of nitro benzene ring substituents is 2. The Morgan fingerprint density at radius 2 is 0.917 bits per heavy atom. The number of nitrogens with zero attached hydrogens (tertiary/aromatic N) is 7. The van der Waals surface area contributed by atoms with Crippen LogP contribution < -0.4 is 180 Å². The first-order valence-corrected chi connectivity index (χ1v) is 36.9. The van der Waals surface area contributed by atoms with Gasteiger partial charge in [-0.1, -0.05) is 0 Å². The summed E-state index contributed by atoms with van der Waals surface area (Å²) < 4.78 is 36.5. The average Bonchev–Trinajstić information content (AvgIpc) is 1.62. The van der Waals surface area contributed by atoms with Gasteiger partial charge < -0.3 is 117 Å². The number of amides is 8. The number of rotatable bonds is 30. The third-order valence-electron chi connectivity index (χ3n) is 13.5. The number of aryl methyl sites for hydroxylation is 2. The van der Waals surface area contributed by atoms with Crippen LogP contribution in [-0.2, 0) is 41.7 Å². The van der Waals surface area contributed by atoms with Gasteiger partial charge in [0.2, 0.25) is 35.4 Å². The summed E-state index contributed by atoms with van der Waals surface area (Å²) in [4.78, 5) is 137. The Balaban J connectivity index is -0.000000327. The topological polar surface area (TPSA) is 680 Å². The molecule has 8 amide bonds. The number of alkyl carbamates (subject to hydrolysis) is 4. The number of hydrogen-bond donors (Lipinski definition) is 15. The van der Waals surface area contributed by atoms with Crippen molar-refractivity contribution in [1.29, 1.82) is 5.26 Å². The van der Waals surface area contributed by atoms with Crippen LogP contribution in [0, 0.1) is 36.3 Å². The van der Waals surface area contributed by atoms with Crippen molar-refractivity contribution in [1.82, 2.24) is 40.6 Å². The molecule has 0 aliphatic heterocycles. The van der Waals surface area contributed by atoms with Gasteiger partial charge in [0.25, 0.3) is 12.2 Å². The summed E-state index contributed by atoms with van der Waals surface area (Å²) in [6, 6.07) is 18.2. The normalized spacial score (nSPS) is 10.1. The Kier molecular flexibility index (Phi) is 63.9. The maximum absolute atomic E-state index is 12.7. The van der Waals surface area contributed by atoms with Crippen molar-refractivity contribution in [3.8, 4) is 4.98 Å². The number of carbonyl (C=O) groups is 10. The minimum absolute atomic E-state index is 0. The molecule has 4 aromatic carbocycles. The van der Waals surface area contributed by atoms with E-state index in [2.05, 4.69) is 62.8 Å². The van der Waals surface area contributed by atoms with Crippen LogP contribution in [0.15, 0.2) is 85.1 Å². The SMILES string of the molecule is CC(C)(C)OC(=O)NCCCCN.CC(C)(C)OC(=O)NCCCCNc1ccc(C(N)=O)cc1N.CC(C)(C)OC(=O)NCCCCNc1ccc(C(N)=O)cc1[N+](=O)[O-].CC(C)(C)OC(=O)NCCCCn1c(N)nc2cc(C(N)=O)ccc21.CCn1nccc1C(=O)O.CO.N#CBr.NC(=O)c1ccc(F)c([N+](=O)[O-])c1.O=CO[O-].[H-].[K+].[K+]. The molecule has 2 aromatic heterocycles. The van der Waals surface area contributed by atoms with Crippen molar-refractivity contribution >= 4 is 122 Å². The Bertz CT molecular complexity index is 4210. The molecule has 0 saturated heterocycles. The second-order valence-corrected chi connectivity index (χ2v) is 28.2. The number of carbonyl (C=O) groups excluding carboxylic acids is 9. The van der Waals surface area contributed by atoms with Crippen molar-refractivity contribution in [3.05, 3.63) is 139 Å². The van der Waals surface area contributed by atoms with Crippen LogP contribution in [0.4, 0.5) is 58.0 Å². The van der Waals surface area contributed by atoms with Gasteiger partial charge in [0.1, 0.15) is 38.8 Å². The first kappa shape index (κ1) is 119. The molecule has 120 heavy (non-hydrogen) atoms. The van der Waals surface area contributed by atoms with Gasteiger partial charge in [-0.2, -0.15) is 14.8 Å². The summed E-state index contributed by atoms with van der Waals surface area (Å²) in [7, 11) is 1.00. The first-order chi connectivity index (χ1) is 55.0. The number of imidazole rings is 1. The number of ether oxygens (including phenoxy) is 4. The summed E-state index contributed by atoms with van der Waals surface area (Å²) in [6.07, 6.45) is 6.26. The molecule has 0 aliphatic carbocycles. The smallest absolute Gasteiger partial charge is 1.00 e. The van der Waals surface area contributed by atoms with Crippen LogP contribution in [0.2, 0.25) is 0 Å². The number of aromatic carboxylic acids is 1. The molecule has 0 bridgehead atoms. The van der Waals surface area contributed by atoms with Gasteiger partial charge in [-0.05, 0) is 215 Å². The molecule has 0 saturated carbocycles. The third-order valence-corrected chi connectivity index (χ3v) is 13.5. The van der Waals surface area contributed by atoms with Crippen LogP contribution >= 0.6 is 15.9 Å². The monoisotopic (exact) mass is 1810 g/mol. The van der Waals surface area contributed by atoms with E-state index < -0.39 is 91.6 Å². The van der Waals surface area contributed by atoms with Crippen molar-refractivity contribution in [2.24, 2.45) is 28.7 Å². The van der Waals surface area contributed by atoms with Gasteiger partial charge in [-0.15, -0.1) is 0 Å². The second-order valence-electron chi connectivity index (χ2n) is 27.8. The standard InChI is InChI=1S/C17H25N5O3.C16H24N4O5.C16H26N4O3.C9H20N2O2.C7H5FN2O3.C6H8N2O2.CBrN.CH2O3.CH4O.2K.H/c1-17(2,3)25-16(24)20-8-4-5-9-22-13-7-6-11(14(18)23)10-12(13)21-15(22)19;1-16(2,3)25-15(22)19-9-5-4-8-18-12-7-6-11(14(17)21)10-13(12)20(23)24;1-16(2,3)23-15(22)20-9-5-4-8-19-13-7-6-11(14(18)21)10-12(13)17;1-9(2,3)13-8(12)11-7-5-4-6-10;8-5-2-1-4(7(9)11)3-6(5)10(12)13;1-2-8-5(6(9)10)3-4-7-8;2-1-3;2-1-4-3;1-2;;;/h6-7,10H,4-5,8-9H2,1-3H3,(H2,18,23)(H2,19,21)(H,20,24);6-7,10,18H,4-5,8-9H2,1-3H3,(H2,17,21)(H,19,22);6-7,10,19H,4-5,8-9,17H2,1-3H3,(H2,18,21)(H,20,22);4-7,10H2,1-3H3,(H,11,12);1-3H,(H2,9,11);3-4H,2H2,1H3,(H,9,10);;1,3H;2H,1H3;;;/q;;;;;;;;;2*+1;-1/p-1.